The minimum absolute atomic E-state index is 0.375. The van der Waals surface area contributed by atoms with E-state index in [9.17, 15) is 0 Å². The van der Waals surface area contributed by atoms with E-state index in [0.29, 0.717) is 12.1 Å². The maximum Gasteiger partial charge on any atom is 0.119 e. The first-order chi connectivity index (χ1) is 7.71. The number of hydrogen-bond acceptors (Lipinski definition) is 2. The molecule has 0 aliphatic heterocycles. The number of benzene rings is 1. The lowest BCUT2D eigenvalue weighted by Crippen LogP contribution is -2.30. The molecule has 2 heteroatoms. The molecule has 0 saturated carbocycles. The zero-order valence-corrected chi connectivity index (χ0v) is 10.8. The van der Waals surface area contributed by atoms with Crippen molar-refractivity contribution >= 4 is 0 Å². The summed E-state index contributed by atoms with van der Waals surface area (Å²) in [4.78, 5) is 0. The van der Waals surface area contributed by atoms with Crippen LogP contribution in [-0.4, -0.2) is 13.2 Å². The van der Waals surface area contributed by atoms with Gasteiger partial charge in [-0.25, -0.2) is 0 Å². The van der Waals surface area contributed by atoms with Crippen molar-refractivity contribution in [2.45, 2.75) is 45.7 Å². The van der Waals surface area contributed by atoms with Crippen molar-refractivity contribution in [2.24, 2.45) is 0 Å². The van der Waals surface area contributed by atoms with Crippen LogP contribution in [0.25, 0.3) is 0 Å². The molecule has 0 bridgehead atoms. The third-order valence-electron chi connectivity index (χ3n) is 3.07. The molecule has 16 heavy (non-hydrogen) atoms. The van der Waals surface area contributed by atoms with Crippen molar-refractivity contribution in [3.8, 4) is 5.75 Å². The SMILES string of the molecule is CCC(CC)NC(C)c1cccc(OC)c1. The number of rotatable bonds is 6. The van der Waals surface area contributed by atoms with Gasteiger partial charge in [0.1, 0.15) is 5.75 Å². The maximum atomic E-state index is 5.23. The van der Waals surface area contributed by atoms with Gasteiger partial charge in [-0.05, 0) is 37.5 Å². The van der Waals surface area contributed by atoms with Crippen LogP contribution in [-0.2, 0) is 0 Å². The first kappa shape index (κ1) is 13.0. The predicted octanol–water partition coefficient (Wildman–Crippen LogP) is 3.53. The molecule has 90 valence electrons. The molecular weight excluding hydrogens is 198 g/mol. The summed E-state index contributed by atoms with van der Waals surface area (Å²) in [5, 5.41) is 3.63. The highest BCUT2D eigenvalue weighted by Gasteiger charge is 2.10. The van der Waals surface area contributed by atoms with Crippen molar-refractivity contribution in [1.82, 2.24) is 5.32 Å². The quantitative estimate of drug-likeness (QED) is 0.793. The van der Waals surface area contributed by atoms with Gasteiger partial charge in [-0.1, -0.05) is 26.0 Å². The van der Waals surface area contributed by atoms with Gasteiger partial charge in [0.15, 0.2) is 0 Å². The molecule has 0 aliphatic rings. The van der Waals surface area contributed by atoms with Crippen molar-refractivity contribution in [3.63, 3.8) is 0 Å². The molecule has 0 spiro atoms. The van der Waals surface area contributed by atoms with Crippen LogP contribution in [0.2, 0.25) is 0 Å². The number of methoxy groups -OCH3 is 1. The molecule has 0 heterocycles. The fourth-order valence-electron chi connectivity index (χ4n) is 1.89. The first-order valence-electron chi connectivity index (χ1n) is 6.11. The van der Waals surface area contributed by atoms with E-state index in [1.807, 2.05) is 12.1 Å². The average molecular weight is 221 g/mol. The van der Waals surface area contributed by atoms with Crippen LogP contribution < -0.4 is 10.1 Å². The fraction of sp³-hybridized carbons (Fsp3) is 0.571. The summed E-state index contributed by atoms with van der Waals surface area (Å²) in [6.07, 6.45) is 2.34. The molecule has 1 atom stereocenters. The zero-order valence-electron chi connectivity index (χ0n) is 10.8. The molecule has 0 saturated heterocycles. The Kier molecular flexibility index (Phi) is 5.33. The summed E-state index contributed by atoms with van der Waals surface area (Å²) in [5.41, 5.74) is 1.28. The van der Waals surface area contributed by atoms with E-state index < -0.39 is 0 Å². The molecule has 0 amide bonds. The first-order valence-corrected chi connectivity index (χ1v) is 6.11. The second-order valence-corrected chi connectivity index (χ2v) is 4.18. The van der Waals surface area contributed by atoms with Crippen molar-refractivity contribution in [2.75, 3.05) is 7.11 Å². The largest absolute Gasteiger partial charge is 0.497 e. The molecule has 1 aromatic rings. The van der Waals surface area contributed by atoms with Gasteiger partial charge in [0, 0.05) is 12.1 Å². The highest BCUT2D eigenvalue weighted by atomic mass is 16.5. The summed E-state index contributed by atoms with van der Waals surface area (Å²) < 4.78 is 5.23. The molecule has 1 N–H and O–H groups in total. The average Bonchev–Trinajstić information content (AvgIpc) is 2.35. The van der Waals surface area contributed by atoms with Gasteiger partial charge in [-0.15, -0.1) is 0 Å². The Morgan fingerprint density at radius 2 is 1.94 bits per heavy atom. The monoisotopic (exact) mass is 221 g/mol. The van der Waals surface area contributed by atoms with Gasteiger partial charge in [0.05, 0.1) is 7.11 Å². The lowest BCUT2D eigenvalue weighted by atomic mass is 10.1. The second-order valence-electron chi connectivity index (χ2n) is 4.18. The Morgan fingerprint density at radius 3 is 2.50 bits per heavy atom. The Balaban J connectivity index is 2.67. The van der Waals surface area contributed by atoms with Gasteiger partial charge in [0.25, 0.3) is 0 Å². The standard InChI is InChI=1S/C14H23NO/c1-5-13(6-2)15-11(3)12-8-7-9-14(10-12)16-4/h7-11,13,15H,5-6H2,1-4H3. The molecule has 0 aromatic heterocycles. The summed E-state index contributed by atoms with van der Waals surface area (Å²) in [7, 11) is 1.71. The number of hydrogen-bond donors (Lipinski definition) is 1. The molecule has 0 radical (unpaired) electrons. The summed E-state index contributed by atoms with van der Waals surface area (Å²) >= 11 is 0. The summed E-state index contributed by atoms with van der Waals surface area (Å²) in [6, 6.07) is 9.23. The lowest BCUT2D eigenvalue weighted by Gasteiger charge is -2.21. The van der Waals surface area contributed by atoms with Crippen molar-refractivity contribution < 1.29 is 4.74 Å². The van der Waals surface area contributed by atoms with Crippen molar-refractivity contribution in [1.29, 1.82) is 0 Å². The van der Waals surface area contributed by atoms with Crippen LogP contribution in [0.1, 0.15) is 45.2 Å². The molecular formula is C14H23NO. The van der Waals surface area contributed by atoms with Crippen LogP contribution in [0.5, 0.6) is 5.75 Å². The van der Waals surface area contributed by atoms with Crippen LogP contribution in [0.4, 0.5) is 0 Å². The van der Waals surface area contributed by atoms with Gasteiger partial charge in [-0.2, -0.15) is 0 Å². The highest BCUT2D eigenvalue weighted by Crippen LogP contribution is 2.19. The second kappa shape index (κ2) is 6.54. The van der Waals surface area contributed by atoms with Crippen LogP contribution >= 0.6 is 0 Å². The minimum Gasteiger partial charge on any atom is -0.497 e. The fourth-order valence-corrected chi connectivity index (χ4v) is 1.89. The summed E-state index contributed by atoms with van der Waals surface area (Å²) in [5.74, 6) is 0.927. The smallest absolute Gasteiger partial charge is 0.119 e. The van der Waals surface area contributed by atoms with Gasteiger partial charge in [0.2, 0.25) is 0 Å². The van der Waals surface area contributed by atoms with Gasteiger partial charge >= 0.3 is 0 Å². The molecule has 1 rings (SSSR count). The molecule has 1 unspecified atom stereocenters. The number of nitrogens with one attached hydrogen (secondary N) is 1. The maximum absolute atomic E-state index is 5.23. The Labute approximate surface area is 99.0 Å². The molecule has 0 aliphatic carbocycles. The Bertz CT molecular complexity index is 307. The predicted molar refractivity (Wildman–Crippen MR) is 68.9 cm³/mol. The minimum atomic E-state index is 0.375. The van der Waals surface area contributed by atoms with Crippen molar-refractivity contribution in [3.05, 3.63) is 29.8 Å². The Hall–Kier alpha value is -1.02. The van der Waals surface area contributed by atoms with E-state index in [1.54, 1.807) is 7.11 Å². The number of ether oxygens (including phenoxy) is 1. The van der Waals surface area contributed by atoms with Gasteiger partial charge < -0.3 is 10.1 Å². The van der Waals surface area contributed by atoms with Gasteiger partial charge in [-0.3, -0.25) is 0 Å². The topological polar surface area (TPSA) is 21.3 Å². The van der Waals surface area contributed by atoms with Crippen LogP contribution in [0.3, 0.4) is 0 Å². The van der Waals surface area contributed by atoms with E-state index in [2.05, 4.69) is 38.2 Å². The zero-order chi connectivity index (χ0) is 12.0. The lowest BCUT2D eigenvalue weighted by molar-refractivity contribution is 0.409. The van der Waals surface area contributed by atoms with E-state index >= 15 is 0 Å². The Morgan fingerprint density at radius 1 is 1.25 bits per heavy atom. The van der Waals surface area contributed by atoms with E-state index in [4.69, 9.17) is 4.74 Å². The molecule has 0 fully saturated rings. The van der Waals surface area contributed by atoms with E-state index in [0.717, 1.165) is 5.75 Å². The third kappa shape index (κ3) is 3.53. The summed E-state index contributed by atoms with van der Waals surface area (Å²) in [6.45, 7) is 6.64. The van der Waals surface area contributed by atoms with E-state index in [-0.39, 0.29) is 0 Å². The highest BCUT2D eigenvalue weighted by molar-refractivity contribution is 5.30. The third-order valence-corrected chi connectivity index (χ3v) is 3.07. The normalized spacial score (nSPS) is 12.8. The van der Waals surface area contributed by atoms with Crippen LogP contribution in [0, 0.1) is 0 Å². The molecule has 1 aromatic carbocycles. The van der Waals surface area contributed by atoms with E-state index in [1.165, 1.54) is 18.4 Å². The molecule has 2 nitrogen and oxygen atoms in total. The van der Waals surface area contributed by atoms with Crippen LogP contribution in [0.15, 0.2) is 24.3 Å².